The maximum Gasteiger partial charge on any atom is 0.244 e. The lowest BCUT2D eigenvalue weighted by molar-refractivity contribution is -0.119. The van der Waals surface area contributed by atoms with Gasteiger partial charge in [0, 0.05) is 12.6 Å². The van der Waals surface area contributed by atoms with Crippen molar-refractivity contribution in [3.8, 4) is 5.75 Å². The van der Waals surface area contributed by atoms with Crippen LogP contribution in [-0.4, -0.2) is 23.6 Å². The summed E-state index contributed by atoms with van der Waals surface area (Å²) in [4.78, 5) is 13.8. The second-order valence-corrected chi connectivity index (χ2v) is 4.18. The largest absolute Gasteiger partial charge is 0.508 e. The van der Waals surface area contributed by atoms with Gasteiger partial charge < -0.3 is 15.7 Å². The molecule has 98 valence electrons. The highest BCUT2D eigenvalue weighted by atomic mass is 16.3. The standard InChI is InChI=1S/C14H20N2O2/c1-4-6-12(15)14(18)16(5-2)13-9-11(17)8-7-10(13)3/h4,7-9,12,17H,1,5-6,15H2,2-3H3. The van der Waals surface area contributed by atoms with Crippen molar-refractivity contribution in [2.45, 2.75) is 26.3 Å². The van der Waals surface area contributed by atoms with E-state index in [-0.39, 0.29) is 11.7 Å². The average molecular weight is 248 g/mol. The number of phenols is 1. The Bertz CT molecular complexity index is 443. The quantitative estimate of drug-likeness (QED) is 0.783. The number of hydrogen-bond acceptors (Lipinski definition) is 3. The van der Waals surface area contributed by atoms with Gasteiger partial charge in [-0.2, -0.15) is 0 Å². The highest BCUT2D eigenvalue weighted by molar-refractivity contribution is 5.97. The first-order chi connectivity index (χ1) is 8.51. The van der Waals surface area contributed by atoms with Crippen LogP contribution < -0.4 is 10.6 Å². The Kier molecular flexibility index (Phi) is 4.92. The van der Waals surface area contributed by atoms with Gasteiger partial charge in [0.1, 0.15) is 5.75 Å². The van der Waals surface area contributed by atoms with Gasteiger partial charge in [-0.15, -0.1) is 6.58 Å². The fraction of sp³-hybridized carbons (Fsp3) is 0.357. The van der Waals surface area contributed by atoms with Crippen LogP contribution in [0.4, 0.5) is 5.69 Å². The number of carbonyl (C=O) groups excluding carboxylic acids is 1. The third-order valence-corrected chi connectivity index (χ3v) is 2.80. The second-order valence-electron chi connectivity index (χ2n) is 4.18. The number of amides is 1. The number of likely N-dealkylation sites (N-methyl/N-ethyl adjacent to an activating group) is 1. The fourth-order valence-electron chi connectivity index (χ4n) is 1.81. The maximum atomic E-state index is 12.2. The third-order valence-electron chi connectivity index (χ3n) is 2.80. The van der Waals surface area contributed by atoms with E-state index >= 15 is 0 Å². The summed E-state index contributed by atoms with van der Waals surface area (Å²) < 4.78 is 0. The zero-order chi connectivity index (χ0) is 13.7. The number of anilines is 1. The molecular formula is C14H20N2O2. The van der Waals surface area contributed by atoms with Crippen LogP contribution in [0, 0.1) is 6.92 Å². The van der Waals surface area contributed by atoms with Gasteiger partial charge in [-0.25, -0.2) is 0 Å². The molecule has 0 aromatic heterocycles. The van der Waals surface area contributed by atoms with E-state index in [4.69, 9.17) is 5.73 Å². The molecule has 0 heterocycles. The van der Waals surface area contributed by atoms with Gasteiger partial charge in [-0.1, -0.05) is 12.1 Å². The number of nitrogens with zero attached hydrogens (tertiary/aromatic N) is 1. The SMILES string of the molecule is C=CCC(N)C(=O)N(CC)c1cc(O)ccc1C. The van der Waals surface area contributed by atoms with Crippen LogP contribution >= 0.6 is 0 Å². The van der Waals surface area contributed by atoms with Crippen molar-refractivity contribution < 1.29 is 9.90 Å². The van der Waals surface area contributed by atoms with Crippen molar-refractivity contribution >= 4 is 11.6 Å². The molecule has 0 bridgehead atoms. The summed E-state index contributed by atoms with van der Waals surface area (Å²) in [5.41, 5.74) is 7.43. The van der Waals surface area contributed by atoms with E-state index in [0.29, 0.717) is 18.7 Å². The molecule has 1 amide bonds. The smallest absolute Gasteiger partial charge is 0.244 e. The van der Waals surface area contributed by atoms with Crippen LogP contribution in [-0.2, 0) is 4.79 Å². The van der Waals surface area contributed by atoms with E-state index in [0.717, 1.165) is 5.56 Å². The summed E-state index contributed by atoms with van der Waals surface area (Å²) in [6.07, 6.45) is 2.07. The average Bonchev–Trinajstić information content (AvgIpc) is 2.34. The lowest BCUT2D eigenvalue weighted by Crippen LogP contribution is -2.43. The van der Waals surface area contributed by atoms with E-state index in [2.05, 4.69) is 6.58 Å². The van der Waals surface area contributed by atoms with E-state index in [9.17, 15) is 9.90 Å². The Morgan fingerprint density at radius 2 is 2.28 bits per heavy atom. The van der Waals surface area contributed by atoms with Crippen molar-refractivity contribution in [2.24, 2.45) is 5.73 Å². The molecular weight excluding hydrogens is 228 g/mol. The Labute approximate surface area is 108 Å². The Balaban J connectivity index is 3.05. The topological polar surface area (TPSA) is 66.6 Å². The van der Waals surface area contributed by atoms with Crippen LogP contribution in [0.1, 0.15) is 18.9 Å². The van der Waals surface area contributed by atoms with Crippen LogP contribution in [0.25, 0.3) is 0 Å². The molecule has 0 fully saturated rings. The first kappa shape index (κ1) is 14.3. The Morgan fingerprint density at radius 1 is 1.61 bits per heavy atom. The molecule has 4 heteroatoms. The normalized spacial score (nSPS) is 11.9. The van der Waals surface area contributed by atoms with Crippen LogP contribution in [0.2, 0.25) is 0 Å². The molecule has 18 heavy (non-hydrogen) atoms. The van der Waals surface area contributed by atoms with Crippen molar-refractivity contribution in [1.82, 2.24) is 0 Å². The van der Waals surface area contributed by atoms with Crippen molar-refractivity contribution in [3.63, 3.8) is 0 Å². The molecule has 0 aliphatic heterocycles. The summed E-state index contributed by atoms with van der Waals surface area (Å²) in [6.45, 7) is 7.86. The molecule has 1 rings (SSSR count). The van der Waals surface area contributed by atoms with Crippen LogP contribution in [0.15, 0.2) is 30.9 Å². The fourth-order valence-corrected chi connectivity index (χ4v) is 1.81. The predicted octanol–water partition coefficient (Wildman–Crippen LogP) is 1.96. The minimum absolute atomic E-state index is 0.138. The van der Waals surface area contributed by atoms with Crippen LogP contribution in [0.3, 0.4) is 0 Å². The molecule has 1 aromatic rings. The lowest BCUT2D eigenvalue weighted by atomic mass is 10.1. The second kappa shape index (κ2) is 6.21. The summed E-state index contributed by atoms with van der Waals surface area (Å²) in [6, 6.07) is 4.36. The number of hydrogen-bond donors (Lipinski definition) is 2. The lowest BCUT2D eigenvalue weighted by Gasteiger charge is -2.25. The molecule has 1 aromatic carbocycles. The van der Waals surface area contributed by atoms with E-state index in [1.165, 1.54) is 0 Å². The number of carbonyl (C=O) groups is 1. The molecule has 0 aliphatic carbocycles. The molecule has 0 radical (unpaired) electrons. The third kappa shape index (κ3) is 3.11. The van der Waals surface area contributed by atoms with Gasteiger partial charge in [0.25, 0.3) is 0 Å². The molecule has 3 N–H and O–H groups in total. The monoisotopic (exact) mass is 248 g/mol. The summed E-state index contributed by atoms with van der Waals surface area (Å²) >= 11 is 0. The van der Waals surface area contributed by atoms with Gasteiger partial charge in [-0.05, 0) is 31.9 Å². The minimum Gasteiger partial charge on any atom is -0.508 e. The van der Waals surface area contributed by atoms with Crippen LogP contribution in [0.5, 0.6) is 5.75 Å². The Hall–Kier alpha value is -1.81. The van der Waals surface area contributed by atoms with Gasteiger partial charge in [0.05, 0.1) is 11.7 Å². The maximum absolute atomic E-state index is 12.2. The first-order valence-electron chi connectivity index (χ1n) is 5.98. The number of phenolic OH excluding ortho intramolecular Hbond substituents is 1. The molecule has 0 spiro atoms. The molecule has 0 aliphatic rings. The number of benzene rings is 1. The van der Waals surface area contributed by atoms with Crippen molar-refractivity contribution in [1.29, 1.82) is 0 Å². The van der Waals surface area contributed by atoms with Gasteiger partial charge in [0.2, 0.25) is 5.91 Å². The first-order valence-corrected chi connectivity index (χ1v) is 5.98. The molecule has 0 saturated carbocycles. The number of nitrogens with two attached hydrogens (primary N) is 1. The number of aryl methyl sites for hydroxylation is 1. The van der Waals surface area contributed by atoms with Gasteiger partial charge >= 0.3 is 0 Å². The zero-order valence-corrected chi connectivity index (χ0v) is 10.9. The molecule has 1 atom stereocenters. The number of rotatable bonds is 5. The minimum atomic E-state index is -0.593. The van der Waals surface area contributed by atoms with Gasteiger partial charge in [-0.3, -0.25) is 4.79 Å². The van der Waals surface area contributed by atoms with Crippen molar-refractivity contribution in [3.05, 3.63) is 36.4 Å². The summed E-state index contributed by atoms with van der Waals surface area (Å²) in [5, 5.41) is 9.52. The molecule has 1 unspecified atom stereocenters. The zero-order valence-electron chi connectivity index (χ0n) is 10.9. The van der Waals surface area contributed by atoms with Crippen molar-refractivity contribution in [2.75, 3.05) is 11.4 Å². The van der Waals surface area contributed by atoms with E-state index in [1.807, 2.05) is 13.8 Å². The highest BCUT2D eigenvalue weighted by Crippen LogP contribution is 2.25. The van der Waals surface area contributed by atoms with Gasteiger partial charge in [0.15, 0.2) is 0 Å². The summed E-state index contributed by atoms with van der Waals surface area (Å²) in [7, 11) is 0. The molecule has 4 nitrogen and oxygen atoms in total. The number of aromatic hydroxyl groups is 1. The highest BCUT2D eigenvalue weighted by Gasteiger charge is 2.21. The molecule has 0 saturated heterocycles. The summed E-state index contributed by atoms with van der Waals surface area (Å²) in [5.74, 6) is -0.0229. The Morgan fingerprint density at radius 3 is 2.83 bits per heavy atom. The van der Waals surface area contributed by atoms with E-state index < -0.39 is 6.04 Å². The van der Waals surface area contributed by atoms with E-state index in [1.54, 1.807) is 29.2 Å². The predicted molar refractivity (Wildman–Crippen MR) is 73.7 cm³/mol.